The molecule has 0 fully saturated rings. The predicted octanol–water partition coefficient (Wildman–Crippen LogP) is 3.53. The Morgan fingerprint density at radius 3 is 2.30 bits per heavy atom. The van der Waals surface area contributed by atoms with Gasteiger partial charge in [-0.25, -0.2) is 4.39 Å². The molecule has 0 aromatic heterocycles. The molecule has 104 valence electrons. The summed E-state index contributed by atoms with van der Waals surface area (Å²) in [5.41, 5.74) is 1.70. The third-order valence-corrected chi connectivity index (χ3v) is 3.44. The highest BCUT2D eigenvalue weighted by molar-refractivity contribution is 5.99. The third kappa shape index (κ3) is 3.52. The van der Waals surface area contributed by atoms with Crippen molar-refractivity contribution < 1.29 is 9.18 Å². The lowest BCUT2D eigenvalue weighted by atomic mass is 10.0. The van der Waals surface area contributed by atoms with Gasteiger partial charge in [0.15, 0.2) is 5.78 Å². The molecule has 0 aliphatic carbocycles. The minimum absolute atomic E-state index is 0.0928. The van der Waals surface area contributed by atoms with Crippen molar-refractivity contribution in [3.8, 4) is 0 Å². The number of carbonyl (C=O) groups excluding carboxylic acids is 1. The third-order valence-electron chi connectivity index (χ3n) is 3.44. The van der Waals surface area contributed by atoms with E-state index < -0.39 is 0 Å². The highest BCUT2D eigenvalue weighted by atomic mass is 19.1. The Hall–Kier alpha value is -2.00. The molecule has 1 atom stereocenters. The molecule has 1 unspecified atom stereocenters. The molecule has 3 heteroatoms. The van der Waals surface area contributed by atoms with Gasteiger partial charge in [-0.15, -0.1) is 0 Å². The summed E-state index contributed by atoms with van der Waals surface area (Å²) in [5, 5.41) is 0. The van der Waals surface area contributed by atoms with Crippen LogP contribution in [0.4, 0.5) is 4.39 Å². The zero-order chi connectivity index (χ0) is 14.5. The Morgan fingerprint density at radius 2 is 1.70 bits per heavy atom. The van der Waals surface area contributed by atoms with Gasteiger partial charge in [-0.1, -0.05) is 42.5 Å². The van der Waals surface area contributed by atoms with Crippen molar-refractivity contribution in [2.75, 3.05) is 7.05 Å². The van der Waals surface area contributed by atoms with Crippen LogP contribution in [0.3, 0.4) is 0 Å². The Bertz CT molecular complexity index is 565. The fourth-order valence-electron chi connectivity index (χ4n) is 2.06. The summed E-state index contributed by atoms with van der Waals surface area (Å²) >= 11 is 0. The van der Waals surface area contributed by atoms with Gasteiger partial charge in [0.2, 0.25) is 0 Å². The molecule has 2 aromatic carbocycles. The predicted molar refractivity (Wildman–Crippen MR) is 78.1 cm³/mol. The first-order valence-electron chi connectivity index (χ1n) is 6.62. The van der Waals surface area contributed by atoms with Gasteiger partial charge in [0.25, 0.3) is 0 Å². The summed E-state index contributed by atoms with van der Waals surface area (Å²) < 4.78 is 12.9. The van der Waals surface area contributed by atoms with Gasteiger partial charge in [0.05, 0.1) is 6.04 Å². The van der Waals surface area contributed by atoms with Crippen LogP contribution in [0.15, 0.2) is 54.6 Å². The van der Waals surface area contributed by atoms with Crippen LogP contribution >= 0.6 is 0 Å². The van der Waals surface area contributed by atoms with E-state index in [0.29, 0.717) is 12.1 Å². The summed E-state index contributed by atoms with van der Waals surface area (Å²) in [6.07, 6.45) is 0. The quantitative estimate of drug-likeness (QED) is 0.775. The highest BCUT2D eigenvalue weighted by Crippen LogP contribution is 2.12. The zero-order valence-electron chi connectivity index (χ0n) is 11.7. The second-order valence-corrected chi connectivity index (χ2v) is 4.95. The summed E-state index contributed by atoms with van der Waals surface area (Å²) in [6, 6.07) is 15.4. The van der Waals surface area contributed by atoms with Gasteiger partial charge < -0.3 is 0 Å². The number of likely N-dealkylation sites (N-methyl/N-ethyl adjacent to an activating group) is 1. The van der Waals surface area contributed by atoms with Crippen molar-refractivity contribution in [2.24, 2.45) is 0 Å². The van der Waals surface area contributed by atoms with Gasteiger partial charge in [-0.05, 0) is 31.7 Å². The molecule has 0 amide bonds. The van der Waals surface area contributed by atoms with E-state index >= 15 is 0 Å². The Morgan fingerprint density at radius 1 is 1.10 bits per heavy atom. The molecule has 0 aliphatic heterocycles. The van der Waals surface area contributed by atoms with Gasteiger partial charge in [0, 0.05) is 12.1 Å². The number of benzene rings is 2. The molecule has 0 aliphatic rings. The average Bonchev–Trinajstić information content (AvgIpc) is 2.49. The van der Waals surface area contributed by atoms with Gasteiger partial charge in [-0.3, -0.25) is 9.69 Å². The maximum atomic E-state index is 12.9. The van der Waals surface area contributed by atoms with Gasteiger partial charge >= 0.3 is 0 Å². The van der Waals surface area contributed by atoms with E-state index in [4.69, 9.17) is 0 Å². The largest absolute Gasteiger partial charge is 0.292 e. The second kappa shape index (κ2) is 6.44. The van der Waals surface area contributed by atoms with Crippen LogP contribution in [0.25, 0.3) is 0 Å². The van der Waals surface area contributed by atoms with E-state index in [9.17, 15) is 9.18 Å². The van der Waals surface area contributed by atoms with Crippen LogP contribution in [0.2, 0.25) is 0 Å². The number of Topliss-reactive ketones (excluding diaryl/α,β-unsaturated/α-hetero) is 1. The second-order valence-electron chi connectivity index (χ2n) is 4.95. The minimum Gasteiger partial charge on any atom is -0.292 e. The molecule has 2 rings (SSSR count). The van der Waals surface area contributed by atoms with Crippen molar-refractivity contribution >= 4 is 5.78 Å². The molecular weight excluding hydrogens is 253 g/mol. The fourth-order valence-corrected chi connectivity index (χ4v) is 2.06. The molecule has 0 saturated heterocycles. The number of ketones is 1. The molecule has 0 saturated carbocycles. The molecule has 0 radical (unpaired) electrons. The monoisotopic (exact) mass is 271 g/mol. The Balaban J connectivity index is 2.03. The van der Waals surface area contributed by atoms with E-state index in [1.165, 1.54) is 12.1 Å². The van der Waals surface area contributed by atoms with E-state index in [0.717, 1.165) is 5.56 Å². The Labute approximate surface area is 118 Å². The SMILES string of the molecule is CC(C(=O)c1ccccc1)N(C)Cc1ccc(F)cc1. The maximum absolute atomic E-state index is 12.9. The molecule has 0 heterocycles. The summed E-state index contributed by atoms with van der Waals surface area (Å²) in [6.45, 7) is 2.50. The van der Waals surface area contributed by atoms with Crippen LogP contribution in [0, 0.1) is 5.82 Å². The number of nitrogens with zero attached hydrogens (tertiary/aromatic N) is 1. The van der Waals surface area contributed by atoms with Crippen molar-refractivity contribution in [1.29, 1.82) is 0 Å². The number of carbonyl (C=O) groups is 1. The summed E-state index contributed by atoms with van der Waals surface area (Å²) in [4.78, 5) is 14.3. The first-order valence-corrected chi connectivity index (χ1v) is 6.62. The number of halogens is 1. The normalized spacial score (nSPS) is 12.4. The van der Waals surface area contributed by atoms with E-state index in [1.807, 2.05) is 49.2 Å². The molecule has 0 N–H and O–H groups in total. The molecule has 2 aromatic rings. The lowest BCUT2D eigenvalue weighted by Crippen LogP contribution is -2.35. The fraction of sp³-hybridized carbons (Fsp3) is 0.235. The molecule has 0 spiro atoms. The first kappa shape index (κ1) is 14.4. The Kier molecular flexibility index (Phi) is 4.64. The van der Waals surface area contributed by atoms with Crippen LogP contribution in [-0.4, -0.2) is 23.8 Å². The number of hydrogen-bond donors (Lipinski definition) is 0. The molecule has 0 bridgehead atoms. The lowest BCUT2D eigenvalue weighted by Gasteiger charge is -2.23. The molecule has 2 nitrogen and oxygen atoms in total. The summed E-state index contributed by atoms with van der Waals surface area (Å²) in [5.74, 6) is -0.153. The van der Waals surface area contributed by atoms with Crippen LogP contribution in [0.1, 0.15) is 22.8 Å². The van der Waals surface area contributed by atoms with Crippen molar-refractivity contribution in [1.82, 2.24) is 4.90 Å². The van der Waals surface area contributed by atoms with E-state index in [1.54, 1.807) is 12.1 Å². The van der Waals surface area contributed by atoms with Crippen LogP contribution < -0.4 is 0 Å². The standard InChI is InChI=1S/C17H18FNO/c1-13(17(20)15-6-4-3-5-7-15)19(2)12-14-8-10-16(18)11-9-14/h3-11,13H,12H2,1-2H3. The molecule has 20 heavy (non-hydrogen) atoms. The van der Waals surface area contributed by atoms with Crippen molar-refractivity contribution in [3.63, 3.8) is 0 Å². The smallest absolute Gasteiger partial charge is 0.179 e. The van der Waals surface area contributed by atoms with E-state index in [2.05, 4.69) is 0 Å². The van der Waals surface area contributed by atoms with Crippen LogP contribution in [-0.2, 0) is 6.54 Å². The number of hydrogen-bond acceptors (Lipinski definition) is 2. The lowest BCUT2D eigenvalue weighted by molar-refractivity contribution is 0.0862. The highest BCUT2D eigenvalue weighted by Gasteiger charge is 2.19. The van der Waals surface area contributed by atoms with Crippen LogP contribution in [0.5, 0.6) is 0 Å². The zero-order valence-corrected chi connectivity index (χ0v) is 11.7. The maximum Gasteiger partial charge on any atom is 0.179 e. The van der Waals surface area contributed by atoms with Gasteiger partial charge in [0.1, 0.15) is 5.82 Å². The average molecular weight is 271 g/mol. The molecular formula is C17H18FNO. The summed E-state index contributed by atoms with van der Waals surface area (Å²) in [7, 11) is 1.90. The van der Waals surface area contributed by atoms with Gasteiger partial charge in [-0.2, -0.15) is 0 Å². The van der Waals surface area contributed by atoms with Crippen molar-refractivity contribution in [3.05, 3.63) is 71.5 Å². The van der Waals surface area contributed by atoms with Crippen molar-refractivity contribution in [2.45, 2.75) is 19.5 Å². The van der Waals surface area contributed by atoms with E-state index in [-0.39, 0.29) is 17.6 Å². The minimum atomic E-state index is -0.246. The number of rotatable bonds is 5. The first-order chi connectivity index (χ1) is 9.58. The topological polar surface area (TPSA) is 20.3 Å².